The number of hydrogen-bond donors (Lipinski definition) is 3. The van der Waals surface area contributed by atoms with Gasteiger partial charge < -0.3 is 16.2 Å². The van der Waals surface area contributed by atoms with E-state index in [4.69, 9.17) is 5.73 Å². The molecule has 1 fully saturated rings. The normalized spacial score (nSPS) is 23.0. The van der Waals surface area contributed by atoms with E-state index in [2.05, 4.69) is 5.32 Å². The molecule has 4 N–H and O–H groups in total. The van der Waals surface area contributed by atoms with Crippen LogP contribution < -0.4 is 11.1 Å². The number of aliphatic hydroxyl groups is 1. The highest BCUT2D eigenvalue weighted by Crippen LogP contribution is 2.24. The maximum Gasteiger partial charge on any atom is 0.253 e. The molecule has 1 aromatic rings. The van der Waals surface area contributed by atoms with Gasteiger partial charge >= 0.3 is 0 Å². The molecule has 1 aliphatic carbocycles. The summed E-state index contributed by atoms with van der Waals surface area (Å²) in [4.78, 5) is 11.8. The summed E-state index contributed by atoms with van der Waals surface area (Å²) < 4.78 is 13.0. The maximum atomic E-state index is 13.0. The van der Waals surface area contributed by atoms with E-state index in [0.717, 1.165) is 25.3 Å². The van der Waals surface area contributed by atoms with Crippen LogP contribution in [0.2, 0.25) is 0 Å². The topological polar surface area (TPSA) is 75.4 Å². The van der Waals surface area contributed by atoms with Gasteiger partial charge in [-0.25, -0.2) is 4.39 Å². The number of amides is 1. The van der Waals surface area contributed by atoms with Crippen LogP contribution in [0.4, 0.5) is 10.1 Å². The average Bonchev–Trinajstić information content (AvgIpc) is 2.75. The van der Waals surface area contributed by atoms with Gasteiger partial charge in [-0.3, -0.25) is 4.79 Å². The van der Waals surface area contributed by atoms with E-state index in [-0.39, 0.29) is 23.3 Å². The van der Waals surface area contributed by atoms with Crippen LogP contribution in [-0.2, 0) is 0 Å². The Morgan fingerprint density at radius 3 is 2.94 bits per heavy atom. The van der Waals surface area contributed by atoms with Crippen LogP contribution >= 0.6 is 0 Å². The summed E-state index contributed by atoms with van der Waals surface area (Å²) in [5.74, 6) is -0.801. The van der Waals surface area contributed by atoms with Crippen molar-refractivity contribution in [2.24, 2.45) is 5.92 Å². The predicted octanol–water partition coefficient (Wildman–Crippen LogP) is 1.30. The molecule has 4 nitrogen and oxygen atoms in total. The molecule has 2 unspecified atom stereocenters. The van der Waals surface area contributed by atoms with Gasteiger partial charge in [-0.05, 0) is 31.0 Å². The van der Waals surface area contributed by atoms with E-state index in [0.29, 0.717) is 6.54 Å². The standard InChI is InChI=1S/C13H17FN2O2/c14-9-4-5-11(15)10(6-9)13(18)16-7-8-2-1-3-12(8)17/h4-6,8,12,17H,1-3,7,15H2,(H,16,18). The van der Waals surface area contributed by atoms with Crippen LogP contribution in [0.1, 0.15) is 29.6 Å². The molecule has 1 amide bonds. The molecular formula is C13H17FN2O2. The number of hydrogen-bond acceptors (Lipinski definition) is 3. The molecule has 0 heterocycles. The molecule has 0 bridgehead atoms. The molecule has 5 heteroatoms. The van der Waals surface area contributed by atoms with Gasteiger partial charge in [0.25, 0.3) is 5.91 Å². The Labute approximate surface area is 105 Å². The van der Waals surface area contributed by atoms with E-state index in [9.17, 15) is 14.3 Å². The van der Waals surface area contributed by atoms with Crippen LogP contribution in [-0.4, -0.2) is 23.7 Å². The lowest BCUT2D eigenvalue weighted by Gasteiger charge is -2.15. The van der Waals surface area contributed by atoms with Gasteiger partial charge in [0.15, 0.2) is 0 Å². The molecule has 0 radical (unpaired) electrons. The number of rotatable bonds is 3. The van der Waals surface area contributed by atoms with Crippen molar-refractivity contribution in [1.82, 2.24) is 5.32 Å². The zero-order chi connectivity index (χ0) is 13.1. The fourth-order valence-corrected chi connectivity index (χ4v) is 2.30. The van der Waals surface area contributed by atoms with Gasteiger partial charge in [-0.1, -0.05) is 6.42 Å². The summed E-state index contributed by atoms with van der Waals surface area (Å²) in [6.07, 6.45) is 2.31. The lowest BCUT2D eigenvalue weighted by atomic mass is 10.1. The molecule has 1 aromatic carbocycles. The summed E-state index contributed by atoms with van der Waals surface area (Å²) in [7, 11) is 0. The van der Waals surface area contributed by atoms with Crippen molar-refractivity contribution in [3.8, 4) is 0 Å². The van der Waals surface area contributed by atoms with Crippen LogP contribution in [0.15, 0.2) is 18.2 Å². The molecule has 1 saturated carbocycles. The number of anilines is 1. The summed E-state index contributed by atoms with van der Waals surface area (Å²) in [6.45, 7) is 0.399. The Morgan fingerprint density at radius 1 is 1.50 bits per heavy atom. The van der Waals surface area contributed by atoms with Crippen molar-refractivity contribution < 1.29 is 14.3 Å². The van der Waals surface area contributed by atoms with Crippen molar-refractivity contribution in [3.05, 3.63) is 29.6 Å². The summed E-state index contributed by atoms with van der Waals surface area (Å²) in [5.41, 5.74) is 6.02. The molecular weight excluding hydrogens is 235 g/mol. The quantitative estimate of drug-likeness (QED) is 0.710. The fourth-order valence-electron chi connectivity index (χ4n) is 2.30. The second-order valence-electron chi connectivity index (χ2n) is 4.70. The van der Waals surface area contributed by atoms with Crippen molar-refractivity contribution >= 4 is 11.6 Å². The third-order valence-corrected chi connectivity index (χ3v) is 3.40. The zero-order valence-electron chi connectivity index (χ0n) is 10.0. The van der Waals surface area contributed by atoms with E-state index in [1.54, 1.807) is 0 Å². The maximum absolute atomic E-state index is 13.0. The van der Waals surface area contributed by atoms with Crippen molar-refractivity contribution in [2.75, 3.05) is 12.3 Å². The monoisotopic (exact) mass is 252 g/mol. The molecule has 0 saturated heterocycles. The SMILES string of the molecule is Nc1ccc(F)cc1C(=O)NCC1CCCC1O. The number of carbonyl (C=O) groups excluding carboxylic acids is 1. The first-order valence-corrected chi connectivity index (χ1v) is 6.09. The Morgan fingerprint density at radius 2 is 2.28 bits per heavy atom. The Kier molecular flexibility index (Phi) is 3.81. The molecule has 1 aliphatic rings. The lowest BCUT2D eigenvalue weighted by molar-refractivity contribution is 0.0917. The number of halogens is 1. The number of benzene rings is 1. The smallest absolute Gasteiger partial charge is 0.253 e. The number of carbonyl (C=O) groups is 1. The lowest BCUT2D eigenvalue weighted by Crippen LogP contribution is -2.32. The number of aliphatic hydroxyl groups excluding tert-OH is 1. The molecule has 2 rings (SSSR count). The Bertz CT molecular complexity index is 451. The first-order chi connectivity index (χ1) is 8.58. The second-order valence-corrected chi connectivity index (χ2v) is 4.70. The third kappa shape index (κ3) is 2.79. The van der Waals surface area contributed by atoms with Gasteiger partial charge in [0.2, 0.25) is 0 Å². The molecule has 18 heavy (non-hydrogen) atoms. The van der Waals surface area contributed by atoms with Crippen molar-refractivity contribution in [3.63, 3.8) is 0 Å². The number of nitrogen functional groups attached to an aromatic ring is 1. The number of nitrogens with one attached hydrogen (secondary N) is 1. The predicted molar refractivity (Wildman–Crippen MR) is 66.5 cm³/mol. The molecule has 0 aromatic heterocycles. The van der Waals surface area contributed by atoms with Gasteiger partial charge in [0.1, 0.15) is 5.82 Å². The average molecular weight is 252 g/mol. The van der Waals surface area contributed by atoms with Crippen molar-refractivity contribution in [2.45, 2.75) is 25.4 Å². The summed E-state index contributed by atoms with van der Waals surface area (Å²) in [6, 6.07) is 3.71. The summed E-state index contributed by atoms with van der Waals surface area (Å²) >= 11 is 0. The highest BCUT2D eigenvalue weighted by Gasteiger charge is 2.25. The van der Waals surface area contributed by atoms with Gasteiger partial charge in [0.05, 0.1) is 11.7 Å². The van der Waals surface area contributed by atoms with E-state index in [1.807, 2.05) is 0 Å². The highest BCUT2D eigenvalue weighted by atomic mass is 19.1. The highest BCUT2D eigenvalue weighted by molar-refractivity contribution is 5.99. The number of nitrogens with two attached hydrogens (primary N) is 1. The van der Waals surface area contributed by atoms with E-state index in [1.165, 1.54) is 12.1 Å². The van der Waals surface area contributed by atoms with Crippen LogP contribution in [0, 0.1) is 11.7 Å². The van der Waals surface area contributed by atoms with Gasteiger partial charge in [0, 0.05) is 18.2 Å². The summed E-state index contributed by atoms with van der Waals surface area (Å²) in [5, 5.41) is 12.3. The minimum atomic E-state index is -0.491. The van der Waals surface area contributed by atoms with Crippen LogP contribution in [0.5, 0.6) is 0 Å². The van der Waals surface area contributed by atoms with Crippen LogP contribution in [0.25, 0.3) is 0 Å². The first-order valence-electron chi connectivity index (χ1n) is 6.09. The van der Waals surface area contributed by atoms with Gasteiger partial charge in [-0.2, -0.15) is 0 Å². The second kappa shape index (κ2) is 5.35. The largest absolute Gasteiger partial charge is 0.398 e. The van der Waals surface area contributed by atoms with E-state index < -0.39 is 11.7 Å². The third-order valence-electron chi connectivity index (χ3n) is 3.40. The van der Waals surface area contributed by atoms with E-state index >= 15 is 0 Å². The first kappa shape index (κ1) is 12.8. The minimum absolute atomic E-state index is 0.0868. The van der Waals surface area contributed by atoms with Crippen LogP contribution in [0.3, 0.4) is 0 Å². The molecule has 0 aliphatic heterocycles. The molecule has 2 atom stereocenters. The Balaban J connectivity index is 1.97. The van der Waals surface area contributed by atoms with Gasteiger partial charge in [-0.15, -0.1) is 0 Å². The fraction of sp³-hybridized carbons (Fsp3) is 0.462. The van der Waals surface area contributed by atoms with Crippen molar-refractivity contribution in [1.29, 1.82) is 0 Å². The molecule has 0 spiro atoms. The minimum Gasteiger partial charge on any atom is -0.398 e. The Hall–Kier alpha value is -1.62. The zero-order valence-corrected chi connectivity index (χ0v) is 10.0. The molecule has 98 valence electrons.